The predicted molar refractivity (Wildman–Crippen MR) is 95.5 cm³/mol. The van der Waals surface area contributed by atoms with Crippen LogP contribution < -0.4 is 0 Å². The smallest absolute Gasteiger partial charge is 0.187 e. The second-order valence-electron chi connectivity index (χ2n) is 6.76. The quantitative estimate of drug-likeness (QED) is 0.728. The number of rotatable bonds is 8. The van der Waals surface area contributed by atoms with Crippen molar-refractivity contribution in [2.45, 2.75) is 37.3 Å². The minimum absolute atomic E-state index is 0.219. The van der Waals surface area contributed by atoms with Crippen LogP contribution in [0.1, 0.15) is 11.1 Å². The zero-order chi connectivity index (χ0) is 17.8. The third-order valence-corrected chi connectivity index (χ3v) is 4.92. The number of hydrogen-bond donors (Lipinski definition) is 0. The van der Waals surface area contributed by atoms with E-state index in [0.717, 1.165) is 11.1 Å². The van der Waals surface area contributed by atoms with Gasteiger partial charge in [-0.25, -0.2) is 0 Å². The van der Waals surface area contributed by atoms with Crippen molar-refractivity contribution in [2.24, 2.45) is 0 Å². The molecule has 2 aliphatic heterocycles. The van der Waals surface area contributed by atoms with Crippen LogP contribution in [0.3, 0.4) is 0 Å². The van der Waals surface area contributed by atoms with E-state index in [1.54, 1.807) is 7.11 Å². The topological polar surface area (TPSA) is 46.2 Å². The average Bonchev–Trinajstić information content (AvgIpc) is 3.19. The maximum atomic E-state index is 6.20. The Kier molecular flexibility index (Phi) is 5.33. The summed E-state index contributed by atoms with van der Waals surface area (Å²) in [5.41, 5.74) is 1.62. The van der Waals surface area contributed by atoms with Crippen molar-refractivity contribution in [1.29, 1.82) is 0 Å². The normalized spacial score (nSPS) is 30.0. The minimum Gasteiger partial charge on any atom is -0.374 e. The highest BCUT2D eigenvalue weighted by molar-refractivity contribution is 5.15. The van der Waals surface area contributed by atoms with Gasteiger partial charge in [0.15, 0.2) is 6.29 Å². The predicted octanol–water partition coefficient (Wildman–Crippen LogP) is 2.93. The Bertz CT molecular complexity index is 692. The van der Waals surface area contributed by atoms with E-state index >= 15 is 0 Å². The zero-order valence-corrected chi connectivity index (χ0v) is 14.9. The lowest BCUT2D eigenvalue weighted by Gasteiger charge is -2.30. The van der Waals surface area contributed by atoms with Gasteiger partial charge in [-0.1, -0.05) is 60.7 Å². The summed E-state index contributed by atoms with van der Waals surface area (Å²) in [6.45, 7) is 1.88. The number of ether oxygens (including phenoxy) is 5. The van der Waals surface area contributed by atoms with Gasteiger partial charge in [-0.15, -0.1) is 0 Å². The summed E-state index contributed by atoms with van der Waals surface area (Å²) in [6.07, 6.45) is -0.877. The van der Waals surface area contributed by atoms with E-state index in [1.807, 2.05) is 60.7 Å². The Morgan fingerprint density at radius 1 is 0.962 bits per heavy atom. The summed E-state index contributed by atoms with van der Waals surface area (Å²) in [5.74, 6) is 0. The highest BCUT2D eigenvalue weighted by atomic mass is 16.8. The molecule has 2 aromatic carbocycles. The van der Waals surface area contributed by atoms with Gasteiger partial charge in [-0.05, 0) is 11.1 Å². The van der Waals surface area contributed by atoms with Crippen molar-refractivity contribution < 1.29 is 23.7 Å². The Hall–Kier alpha value is -1.76. The van der Waals surface area contributed by atoms with Gasteiger partial charge in [-0.2, -0.15) is 0 Å². The molecule has 4 rings (SSSR count). The number of fused-ring (bicyclic) bond motifs is 2. The first-order chi connectivity index (χ1) is 12.8. The third-order valence-electron chi connectivity index (χ3n) is 4.92. The lowest BCUT2D eigenvalue weighted by atomic mass is 10.00. The SMILES string of the molecule is CO[C@H]1O[C@@]2(COCc3ccccc3)CO[C@@H]1[C@@H]2OCc1ccccc1. The molecule has 0 amide bonds. The van der Waals surface area contributed by atoms with Gasteiger partial charge in [-0.3, -0.25) is 0 Å². The largest absolute Gasteiger partial charge is 0.374 e. The fourth-order valence-electron chi connectivity index (χ4n) is 3.59. The summed E-state index contributed by atoms with van der Waals surface area (Å²) >= 11 is 0. The van der Waals surface area contributed by atoms with Crippen LogP contribution in [0, 0.1) is 0 Å². The zero-order valence-electron chi connectivity index (χ0n) is 14.9. The van der Waals surface area contributed by atoms with Crippen LogP contribution >= 0.6 is 0 Å². The van der Waals surface area contributed by atoms with Gasteiger partial charge >= 0.3 is 0 Å². The number of benzene rings is 2. The second-order valence-corrected chi connectivity index (χ2v) is 6.76. The highest BCUT2D eigenvalue weighted by Gasteiger charge is 2.63. The van der Waals surface area contributed by atoms with Gasteiger partial charge in [0.2, 0.25) is 0 Å². The molecule has 0 spiro atoms. The molecule has 0 aromatic heterocycles. The van der Waals surface area contributed by atoms with Gasteiger partial charge < -0.3 is 23.7 Å². The third kappa shape index (κ3) is 3.54. The lowest BCUT2D eigenvalue weighted by Crippen LogP contribution is -2.46. The van der Waals surface area contributed by atoms with E-state index < -0.39 is 11.9 Å². The van der Waals surface area contributed by atoms with Crippen LogP contribution in [0.25, 0.3) is 0 Å². The Morgan fingerprint density at radius 3 is 2.27 bits per heavy atom. The summed E-state index contributed by atoms with van der Waals surface area (Å²) in [4.78, 5) is 0. The van der Waals surface area contributed by atoms with Crippen molar-refractivity contribution >= 4 is 0 Å². The first-order valence-corrected chi connectivity index (χ1v) is 8.90. The second kappa shape index (κ2) is 7.86. The molecule has 2 fully saturated rings. The van der Waals surface area contributed by atoms with E-state index in [-0.39, 0.29) is 12.2 Å². The van der Waals surface area contributed by atoms with Gasteiger partial charge in [0.05, 0.1) is 26.4 Å². The highest BCUT2D eigenvalue weighted by Crippen LogP contribution is 2.42. The molecule has 2 saturated heterocycles. The molecule has 0 radical (unpaired) electrons. The van der Waals surface area contributed by atoms with E-state index in [0.29, 0.717) is 26.4 Å². The average molecular weight is 356 g/mol. The molecular weight excluding hydrogens is 332 g/mol. The van der Waals surface area contributed by atoms with Gasteiger partial charge in [0.25, 0.3) is 0 Å². The summed E-state index contributed by atoms with van der Waals surface area (Å²) in [6, 6.07) is 20.2. The van der Waals surface area contributed by atoms with Crippen molar-refractivity contribution in [3.8, 4) is 0 Å². The van der Waals surface area contributed by atoms with Gasteiger partial charge in [0, 0.05) is 7.11 Å². The van der Waals surface area contributed by atoms with Crippen LogP contribution in [0.2, 0.25) is 0 Å². The van der Waals surface area contributed by atoms with E-state index in [4.69, 9.17) is 23.7 Å². The van der Waals surface area contributed by atoms with Crippen molar-refractivity contribution in [3.05, 3.63) is 71.8 Å². The first-order valence-electron chi connectivity index (χ1n) is 8.90. The van der Waals surface area contributed by atoms with E-state index in [9.17, 15) is 0 Å². The monoisotopic (exact) mass is 356 g/mol. The van der Waals surface area contributed by atoms with Crippen molar-refractivity contribution in [3.63, 3.8) is 0 Å². The molecule has 2 aromatic rings. The molecule has 26 heavy (non-hydrogen) atoms. The van der Waals surface area contributed by atoms with Crippen LogP contribution in [0.5, 0.6) is 0 Å². The van der Waals surface area contributed by atoms with E-state index in [2.05, 4.69) is 0 Å². The Morgan fingerprint density at radius 2 is 1.62 bits per heavy atom. The molecular formula is C21H24O5. The summed E-state index contributed by atoms with van der Waals surface area (Å²) < 4.78 is 29.6. The molecule has 0 aliphatic carbocycles. The molecule has 5 nitrogen and oxygen atoms in total. The standard InChI is InChI=1S/C21H24O5/c1-22-20-18-19(24-13-17-10-6-3-7-11-17)21(26-20,15-25-18)14-23-12-16-8-4-2-5-9-16/h2-11,18-20H,12-15H2,1H3/t18-,19+,20+,21+/m1/s1. The van der Waals surface area contributed by atoms with Gasteiger partial charge in [0.1, 0.15) is 17.8 Å². The maximum absolute atomic E-state index is 6.20. The Balaban J connectivity index is 1.41. The first kappa shape index (κ1) is 17.6. The lowest BCUT2D eigenvalue weighted by molar-refractivity contribution is -0.246. The van der Waals surface area contributed by atoms with Crippen LogP contribution in [0.4, 0.5) is 0 Å². The maximum Gasteiger partial charge on any atom is 0.187 e. The minimum atomic E-state index is -0.630. The van der Waals surface area contributed by atoms with Crippen LogP contribution in [-0.2, 0) is 36.9 Å². The Labute approximate surface area is 153 Å². The van der Waals surface area contributed by atoms with Crippen LogP contribution in [-0.4, -0.2) is 44.4 Å². The van der Waals surface area contributed by atoms with Crippen LogP contribution in [0.15, 0.2) is 60.7 Å². The summed E-state index contributed by atoms with van der Waals surface area (Å²) in [7, 11) is 1.63. The molecule has 0 saturated carbocycles. The fourth-order valence-corrected chi connectivity index (χ4v) is 3.59. The molecule has 4 atom stereocenters. The molecule has 2 aliphatic rings. The number of methoxy groups -OCH3 is 1. The summed E-state index contributed by atoms with van der Waals surface area (Å²) in [5, 5.41) is 0. The molecule has 5 heteroatoms. The molecule has 0 unspecified atom stereocenters. The molecule has 0 N–H and O–H groups in total. The number of hydrogen-bond acceptors (Lipinski definition) is 5. The fraction of sp³-hybridized carbons (Fsp3) is 0.429. The van der Waals surface area contributed by atoms with Crippen molar-refractivity contribution in [1.82, 2.24) is 0 Å². The van der Waals surface area contributed by atoms with E-state index in [1.165, 1.54) is 0 Å². The molecule has 2 bridgehead atoms. The van der Waals surface area contributed by atoms with Crippen molar-refractivity contribution in [2.75, 3.05) is 20.3 Å². The molecule has 2 heterocycles. The molecule has 138 valence electrons.